The molecule has 4 saturated carbocycles. The normalized spacial score (nSPS) is 29.3. The molecule has 6 nitrogen and oxygen atoms in total. The average Bonchev–Trinajstić information content (AvgIpc) is 3.03. The number of hydrogen-bond donors (Lipinski definition) is 1. The number of nitrogen functional groups attached to an aromatic ring is 1. The van der Waals surface area contributed by atoms with Gasteiger partial charge in [0.15, 0.2) is 12.2 Å². The molecule has 0 aromatic carbocycles. The number of carbonyl (C=O) groups excluding carboxylic acids is 1. The number of aryl methyl sites for hydroxylation is 1. The summed E-state index contributed by atoms with van der Waals surface area (Å²) in [6.45, 7) is 5.18. The number of thiazole rings is 1. The van der Waals surface area contributed by atoms with Gasteiger partial charge in [0.25, 0.3) is 11.6 Å². The van der Waals surface area contributed by atoms with Crippen LogP contribution < -0.4 is 15.3 Å². The largest absolute Gasteiger partial charge is 0.465 e. The molecule has 4 bridgehead atoms. The second-order valence-corrected chi connectivity index (χ2v) is 10.6. The Morgan fingerprint density at radius 1 is 1.23 bits per heavy atom. The van der Waals surface area contributed by atoms with Crippen LogP contribution in [0, 0.1) is 43.4 Å². The molecular weight excluding hydrogens is 396 g/mol. The van der Waals surface area contributed by atoms with Gasteiger partial charge in [-0.05, 0) is 60.8 Å². The minimum atomic E-state index is 0.0694. The Balaban J connectivity index is 1.17. The summed E-state index contributed by atoms with van der Waals surface area (Å²) in [5.74, 6) is 4.56. The molecule has 3 N–H and O–H groups in total. The zero-order chi connectivity index (χ0) is 20.8. The van der Waals surface area contributed by atoms with Crippen LogP contribution in [0.3, 0.4) is 0 Å². The highest BCUT2D eigenvalue weighted by molar-refractivity contribution is 7.09. The molecule has 2 heterocycles. The van der Waals surface area contributed by atoms with Crippen molar-refractivity contribution in [3.8, 4) is 0 Å². The fourth-order valence-corrected chi connectivity index (χ4v) is 7.33. The van der Waals surface area contributed by atoms with Crippen molar-refractivity contribution in [2.24, 2.45) is 29.6 Å². The van der Waals surface area contributed by atoms with Crippen LogP contribution in [0.1, 0.15) is 54.1 Å². The van der Waals surface area contributed by atoms with Crippen molar-refractivity contribution in [3.63, 3.8) is 0 Å². The summed E-state index contributed by atoms with van der Waals surface area (Å²) in [4.78, 5) is 21.6. The van der Waals surface area contributed by atoms with E-state index in [2.05, 4.69) is 27.0 Å². The summed E-state index contributed by atoms with van der Waals surface area (Å²) < 4.78 is 8.00. The van der Waals surface area contributed by atoms with Gasteiger partial charge < -0.3 is 10.5 Å². The first-order valence-electron chi connectivity index (χ1n) is 11.2. The number of H-pyrrole nitrogens is 1. The summed E-state index contributed by atoms with van der Waals surface area (Å²) in [6.07, 6.45) is 9.13. The van der Waals surface area contributed by atoms with Crippen LogP contribution in [-0.2, 0) is 22.5 Å². The lowest BCUT2D eigenvalue weighted by Gasteiger charge is -2.53. The Morgan fingerprint density at radius 3 is 2.60 bits per heavy atom. The number of hydrogen-bond acceptors (Lipinski definition) is 5. The third-order valence-electron chi connectivity index (χ3n) is 7.64. The van der Waals surface area contributed by atoms with Gasteiger partial charge in [-0.3, -0.25) is 4.79 Å². The van der Waals surface area contributed by atoms with E-state index >= 15 is 0 Å². The van der Waals surface area contributed by atoms with Crippen molar-refractivity contribution >= 4 is 23.1 Å². The van der Waals surface area contributed by atoms with E-state index in [9.17, 15) is 4.79 Å². The number of nitrogens with one attached hydrogen (secondary N) is 1. The molecule has 7 heteroatoms. The molecule has 2 aromatic rings. The van der Waals surface area contributed by atoms with Gasteiger partial charge in [-0.15, -0.1) is 0 Å². The monoisotopic (exact) mass is 428 g/mol. The Hall–Kier alpha value is -2.02. The van der Waals surface area contributed by atoms with Crippen molar-refractivity contribution in [1.29, 1.82) is 0 Å². The Bertz CT molecular complexity index is 929. The van der Waals surface area contributed by atoms with Crippen LogP contribution in [0.15, 0.2) is 11.7 Å². The van der Waals surface area contributed by atoms with E-state index in [1.54, 1.807) is 11.3 Å². The van der Waals surface area contributed by atoms with Crippen LogP contribution in [0.25, 0.3) is 0 Å². The zero-order valence-corrected chi connectivity index (χ0v) is 18.7. The number of nitrogens with two attached hydrogens (primary N) is 1. The Morgan fingerprint density at radius 2 is 1.93 bits per heavy atom. The van der Waals surface area contributed by atoms with Crippen molar-refractivity contribution in [2.45, 2.75) is 58.9 Å². The lowest BCUT2D eigenvalue weighted by Crippen LogP contribution is -2.48. The number of aromatic amines is 1. The number of nitrogens with zero attached hydrogens (tertiary/aromatic N) is 2. The maximum absolute atomic E-state index is 12.9. The van der Waals surface area contributed by atoms with E-state index in [1.807, 2.05) is 13.1 Å². The zero-order valence-electron chi connectivity index (χ0n) is 17.9. The van der Waals surface area contributed by atoms with E-state index in [0.29, 0.717) is 30.8 Å². The number of rotatable bonds is 6. The maximum atomic E-state index is 12.9. The van der Waals surface area contributed by atoms with Gasteiger partial charge in [0.2, 0.25) is 5.51 Å². The van der Waals surface area contributed by atoms with Crippen molar-refractivity contribution in [3.05, 3.63) is 33.7 Å². The van der Waals surface area contributed by atoms with Gasteiger partial charge >= 0.3 is 5.97 Å². The van der Waals surface area contributed by atoms with Crippen LogP contribution in [0.4, 0.5) is 5.82 Å². The van der Waals surface area contributed by atoms with E-state index < -0.39 is 0 Å². The Kier molecular flexibility index (Phi) is 5.25. The maximum Gasteiger partial charge on any atom is 0.309 e. The molecule has 0 aliphatic heterocycles. The second kappa shape index (κ2) is 7.91. The highest BCUT2D eigenvalue weighted by Gasteiger charge is 2.51. The Labute approximate surface area is 181 Å². The predicted molar refractivity (Wildman–Crippen MR) is 113 cm³/mol. The molecule has 4 fully saturated rings. The first-order chi connectivity index (χ1) is 14.5. The third-order valence-corrected chi connectivity index (χ3v) is 8.79. The molecule has 4 aliphatic carbocycles. The molecule has 6 rings (SSSR count). The van der Waals surface area contributed by atoms with E-state index in [4.69, 9.17) is 10.5 Å². The van der Waals surface area contributed by atoms with Crippen LogP contribution >= 0.6 is 11.3 Å². The molecule has 160 valence electrons. The fraction of sp³-hybridized carbons (Fsp3) is 0.652. The minimum Gasteiger partial charge on any atom is -0.465 e. The summed E-state index contributed by atoms with van der Waals surface area (Å²) >= 11 is 1.71. The fourth-order valence-electron chi connectivity index (χ4n) is 6.36. The average molecular weight is 429 g/mol. The highest BCUT2D eigenvalue weighted by Crippen LogP contribution is 2.56. The SMILES string of the molecule is Cc1nc(N)c(C[n+]2csc(CCOC(=O)C3C4CC5CC(C4)CC3C5)c2C)c[nH+]1. The van der Waals surface area contributed by atoms with Crippen LogP contribution in [0.2, 0.25) is 0 Å². The van der Waals surface area contributed by atoms with Gasteiger partial charge in [-0.1, -0.05) is 11.3 Å². The molecule has 0 atom stereocenters. The molecule has 0 spiro atoms. The van der Waals surface area contributed by atoms with Gasteiger partial charge in [0.05, 0.1) is 17.4 Å². The van der Waals surface area contributed by atoms with Gasteiger partial charge in [0.1, 0.15) is 11.8 Å². The lowest BCUT2D eigenvalue weighted by molar-refractivity contribution is -0.690. The van der Waals surface area contributed by atoms with E-state index in [-0.39, 0.29) is 11.9 Å². The molecule has 0 amide bonds. The molecule has 0 radical (unpaired) electrons. The van der Waals surface area contributed by atoms with Crippen LogP contribution in [0.5, 0.6) is 0 Å². The number of ether oxygens (including phenoxy) is 1. The smallest absolute Gasteiger partial charge is 0.309 e. The minimum absolute atomic E-state index is 0.0694. The molecule has 0 unspecified atom stereocenters. The standard InChI is InChI=1S/C23H31N4O2S/c1-13-20(30-12-27(13)11-19-10-25-14(2)26-22(19)24)3-4-29-23(28)21-17-6-15-5-16(8-17)9-18(21)7-15/h10,12,15-18,21H,3-9,11H2,1-2H3,(H2,24,25,26)/q+1/p+1. The van der Waals surface area contributed by atoms with Crippen molar-refractivity contribution in [2.75, 3.05) is 12.3 Å². The van der Waals surface area contributed by atoms with Crippen molar-refractivity contribution < 1.29 is 19.1 Å². The number of anilines is 1. The lowest BCUT2D eigenvalue weighted by atomic mass is 9.52. The molecule has 0 saturated heterocycles. The van der Waals surface area contributed by atoms with Gasteiger partial charge in [-0.2, -0.15) is 4.57 Å². The number of esters is 1. The predicted octanol–water partition coefficient (Wildman–Crippen LogP) is 2.65. The van der Waals surface area contributed by atoms with E-state index in [0.717, 1.165) is 29.6 Å². The molecular formula is C23H32N4O2S+2. The summed E-state index contributed by atoms with van der Waals surface area (Å²) in [5.41, 5.74) is 10.4. The van der Waals surface area contributed by atoms with Gasteiger partial charge in [-0.25, -0.2) is 4.98 Å². The van der Waals surface area contributed by atoms with Crippen LogP contribution in [-0.4, -0.2) is 17.6 Å². The molecule has 4 aliphatic rings. The van der Waals surface area contributed by atoms with E-state index in [1.165, 1.54) is 42.7 Å². The quantitative estimate of drug-likeness (QED) is 0.566. The second-order valence-electron chi connectivity index (χ2n) is 9.63. The number of aromatic nitrogens is 3. The highest BCUT2D eigenvalue weighted by atomic mass is 32.1. The summed E-state index contributed by atoms with van der Waals surface area (Å²) in [7, 11) is 0. The number of carbonyl (C=O) groups is 1. The first-order valence-corrected chi connectivity index (χ1v) is 12.1. The first kappa shape index (κ1) is 19.9. The topological polar surface area (TPSA) is 83.2 Å². The summed E-state index contributed by atoms with van der Waals surface area (Å²) in [6, 6.07) is 0. The molecule has 30 heavy (non-hydrogen) atoms. The van der Waals surface area contributed by atoms with Gasteiger partial charge in [0, 0.05) is 20.3 Å². The van der Waals surface area contributed by atoms with Crippen molar-refractivity contribution in [1.82, 2.24) is 4.98 Å². The molecule has 2 aromatic heterocycles. The third kappa shape index (κ3) is 3.72. The summed E-state index contributed by atoms with van der Waals surface area (Å²) in [5, 5.41) is 0.